The highest BCUT2D eigenvalue weighted by Crippen LogP contribution is 2.52. The van der Waals surface area contributed by atoms with E-state index in [0.717, 1.165) is 18.8 Å². The van der Waals surface area contributed by atoms with Gasteiger partial charge in [-0.1, -0.05) is 12.2 Å². The van der Waals surface area contributed by atoms with Gasteiger partial charge in [0.2, 0.25) is 0 Å². The van der Waals surface area contributed by atoms with E-state index in [-0.39, 0.29) is 12.3 Å². The van der Waals surface area contributed by atoms with Gasteiger partial charge in [-0.15, -0.1) is 0 Å². The normalized spacial score (nSPS) is 34.2. The molecule has 0 unspecified atom stereocenters. The van der Waals surface area contributed by atoms with Crippen LogP contribution in [0.3, 0.4) is 0 Å². The minimum absolute atomic E-state index is 0.245. The van der Waals surface area contributed by atoms with Crippen molar-refractivity contribution in [1.29, 1.82) is 0 Å². The molecule has 0 spiro atoms. The molecule has 2 aliphatic rings. The summed E-state index contributed by atoms with van der Waals surface area (Å²) in [6.07, 6.45) is 12.0. The molecule has 100 valence electrons. The maximum absolute atomic E-state index is 11.1. The summed E-state index contributed by atoms with van der Waals surface area (Å²) in [5.74, 6) is 1.52. The molecule has 0 aromatic rings. The van der Waals surface area contributed by atoms with Crippen LogP contribution in [0.5, 0.6) is 0 Å². The molecule has 0 radical (unpaired) electrons. The number of fused-ring (bicyclic) bond motifs is 2. The summed E-state index contributed by atoms with van der Waals surface area (Å²) in [5, 5.41) is 8.52. The SMILES string of the molecule is O=C[C@H]1[C@H]2CC[C@H](C2)[C@H]1C/C=C\CCCC(=O)O. The van der Waals surface area contributed by atoms with Gasteiger partial charge in [-0.2, -0.15) is 0 Å². The predicted octanol–water partition coefficient (Wildman–Crippen LogP) is 3.05. The molecule has 3 heteroatoms. The van der Waals surface area contributed by atoms with Crippen LogP contribution in [0.2, 0.25) is 0 Å². The lowest BCUT2D eigenvalue weighted by molar-refractivity contribution is -0.137. The number of unbranched alkanes of at least 4 members (excludes halogenated alkanes) is 1. The number of carbonyl (C=O) groups is 2. The summed E-state index contributed by atoms with van der Waals surface area (Å²) in [4.78, 5) is 21.5. The molecule has 2 saturated carbocycles. The Hall–Kier alpha value is -1.12. The zero-order chi connectivity index (χ0) is 13.0. The van der Waals surface area contributed by atoms with E-state index in [1.54, 1.807) is 0 Å². The van der Waals surface area contributed by atoms with Gasteiger partial charge in [0.05, 0.1) is 0 Å². The summed E-state index contributed by atoms with van der Waals surface area (Å²) in [5.41, 5.74) is 0. The lowest BCUT2D eigenvalue weighted by atomic mass is 9.78. The Balaban J connectivity index is 1.71. The molecule has 0 heterocycles. The first kappa shape index (κ1) is 13.3. The number of rotatable bonds is 7. The van der Waals surface area contributed by atoms with Crippen LogP contribution in [-0.2, 0) is 9.59 Å². The third-order valence-electron chi connectivity index (χ3n) is 4.65. The van der Waals surface area contributed by atoms with E-state index in [1.807, 2.05) is 0 Å². The van der Waals surface area contributed by atoms with Crippen molar-refractivity contribution in [1.82, 2.24) is 0 Å². The Kier molecular flexibility index (Phi) is 4.56. The van der Waals surface area contributed by atoms with Crippen molar-refractivity contribution in [2.75, 3.05) is 0 Å². The van der Waals surface area contributed by atoms with Gasteiger partial charge in [0.25, 0.3) is 0 Å². The molecule has 2 bridgehead atoms. The van der Waals surface area contributed by atoms with Gasteiger partial charge < -0.3 is 9.90 Å². The molecule has 1 N–H and O–H groups in total. The van der Waals surface area contributed by atoms with Crippen LogP contribution in [0.1, 0.15) is 44.9 Å². The molecule has 0 saturated heterocycles. The number of aliphatic carboxylic acids is 1. The third-order valence-corrected chi connectivity index (χ3v) is 4.65. The first-order chi connectivity index (χ1) is 8.72. The second kappa shape index (κ2) is 6.17. The first-order valence-electron chi connectivity index (χ1n) is 7.04. The highest BCUT2D eigenvalue weighted by Gasteiger charge is 2.46. The van der Waals surface area contributed by atoms with Crippen molar-refractivity contribution < 1.29 is 14.7 Å². The molecule has 18 heavy (non-hydrogen) atoms. The molecule has 2 fully saturated rings. The van der Waals surface area contributed by atoms with Crippen molar-refractivity contribution in [3.05, 3.63) is 12.2 Å². The van der Waals surface area contributed by atoms with Gasteiger partial charge >= 0.3 is 5.97 Å². The van der Waals surface area contributed by atoms with Crippen LogP contribution in [0.15, 0.2) is 12.2 Å². The maximum atomic E-state index is 11.1. The number of hydrogen-bond acceptors (Lipinski definition) is 2. The molecule has 0 aliphatic heterocycles. The zero-order valence-electron chi connectivity index (χ0n) is 10.8. The monoisotopic (exact) mass is 250 g/mol. The number of aldehydes is 1. The van der Waals surface area contributed by atoms with E-state index in [4.69, 9.17) is 5.11 Å². The predicted molar refractivity (Wildman–Crippen MR) is 69.1 cm³/mol. The average Bonchev–Trinajstić information content (AvgIpc) is 2.93. The lowest BCUT2D eigenvalue weighted by Gasteiger charge is -2.26. The largest absolute Gasteiger partial charge is 0.481 e. The number of carboxylic acids is 1. The number of carbonyl (C=O) groups excluding carboxylic acids is 1. The number of carboxylic acid groups (broad SMARTS) is 1. The standard InChI is InChI=1S/C15H22O3/c16-10-14-12-8-7-11(9-12)13(14)5-3-1-2-4-6-15(17)18/h1,3,10-14H,2,4-9H2,(H,17,18)/b3-1-/t11-,12+,13-,14+/m1/s1. The van der Waals surface area contributed by atoms with Crippen molar-refractivity contribution in [2.24, 2.45) is 23.7 Å². The van der Waals surface area contributed by atoms with E-state index in [0.29, 0.717) is 18.3 Å². The molecule has 0 amide bonds. The van der Waals surface area contributed by atoms with Gasteiger partial charge in [-0.3, -0.25) is 4.79 Å². The fourth-order valence-electron chi connectivity index (χ4n) is 3.76. The lowest BCUT2D eigenvalue weighted by Crippen LogP contribution is -2.22. The molecule has 2 aliphatic carbocycles. The Bertz CT molecular complexity index is 335. The highest BCUT2D eigenvalue weighted by molar-refractivity contribution is 5.66. The smallest absolute Gasteiger partial charge is 0.303 e. The topological polar surface area (TPSA) is 54.4 Å². The summed E-state index contributed by atoms with van der Waals surface area (Å²) in [6, 6.07) is 0. The maximum Gasteiger partial charge on any atom is 0.303 e. The Morgan fingerprint density at radius 1 is 1.22 bits per heavy atom. The summed E-state index contributed by atoms with van der Waals surface area (Å²) in [7, 11) is 0. The zero-order valence-corrected chi connectivity index (χ0v) is 10.8. The Morgan fingerprint density at radius 2 is 2.00 bits per heavy atom. The van der Waals surface area contributed by atoms with Gasteiger partial charge in [0.1, 0.15) is 6.29 Å². The van der Waals surface area contributed by atoms with Crippen LogP contribution in [0, 0.1) is 23.7 Å². The van der Waals surface area contributed by atoms with E-state index in [9.17, 15) is 9.59 Å². The minimum atomic E-state index is -0.725. The molecular weight excluding hydrogens is 228 g/mol. The van der Waals surface area contributed by atoms with Crippen LogP contribution in [0.4, 0.5) is 0 Å². The first-order valence-corrected chi connectivity index (χ1v) is 7.04. The summed E-state index contributed by atoms with van der Waals surface area (Å²) < 4.78 is 0. The van der Waals surface area contributed by atoms with E-state index >= 15 is 0 Å². The van der Waals surface area contributed by atoms with Gasteiger partial charge in [0, 0.05) is 12.3 Å². The minimum Gasteiger partial charge on any atom is -0.481 e. The Labute approximate surface area is 108 Å². The van der Waals surface area contributed by atoms with Crippen LogP contribution in [0.25, 0.3) is 0 Å². The van der Waals surface area contributed by atoms with Crippen molar-refractivity contribution >= 4 is 12.3 Å². The number of allylic oxidation sites excluding steroid dienone is 2. The summed E-state index contributed by atoms with van der Waals surface area (Å²) >= 11 is 0. The second-order valence-corrected chi connectivity index (χ2v) is 5.70. The van der Waals surface area contributed by atoms with Gasteiger partial charge in [-0.05, 0) is 56.3 Å². The molecule has 3 nitrogen and oxygen atoms in total. The third kappa shape index (κ3) is 3.01. The van der Waals surface area contributed by atoms with Crippen molar-refractivity contribution in [2.45, 2.75) is 44.9 Å². The van der Waals surface area contributed by atoms with Crippen LogP contribution in [-0.4, -0.2) is 17.4 Å². The van der Waals surface area contributed by atoms with Gasteiger partial charge in [0.15, 0.2) is 0 Å². The van der Waals surface area contributed by atoms with Crippen molar-refractivity contribution in [3.63, 3.8) is 0 Å². The average molecular weight is 250 g/mol. The fourth-order valence-corrected chi connectivity index (χ4v) is 3.76. The number of hydrogen-bond donors (Lipinski definition) is 1. The quantitative estimate of drug-likeness (QED) is 0.429. The second-order valence-electron chi connectivity index (χ2n) is 5.70. The Morgan fingerprint density at radius 3 is 2.72 bits per heavy atom. The fraction of sp³-hybridized carbons (Fsp3) is 0.733. The highest BCUT2D eigenvalue weighted by atomic mass is 16.4. The molecular formula is C15H22O3. The molecule has 0 aromatic carbocycles. The van der Waals surface area contributed by atoms with Crippen LogP contribution >= 0.6 is 0 Å². The van der Waals surface area contributed by atoms with Crippen LogP contribution < -0.4 is 0 Å². The van der Waals surface area contributed by atoms with E-state index in [1.165, 1.54) is 25.5 Å². The van der Waals surface area contributed by atoms with E-state index < -0.39 is 5.97 Å². The van der Waals surface area contributed by atoms with Crippen molar-refractivity contribution in [3.8, 4) is 0 Å². The van der Waals surface area contributed by atoms with E-state index in [2.05, 4.69) is 12.2 Å². The molecule has 0 aromatic heterocycles. The molecule has 2 rings (SSSR count). The molecule has 4 atom stereocenters. The van der Waals surface area contributed by atoms with Gasteiger partial charge in [-0.25, -0.2) is 0 Å². The summed E-state index contributed by atoms with van der Waals surface area (Å²) in [6.45, 7) is 0.